The fourth-order valence-electron chi connectivity index (χ4n) is 2.74. The van der Waals surface area contributed by atoms with E-state index < -0.39 is 12.5 Å². The minimum atomic E-state index is -2.70. The van der Waals surface area contributed by atoms with Gasteiger partial charge in [0.25, 0.3) is 6.43 Å². The van der Waals surface area contributed by atoms with Crippen LogP contribution in [0.1, 0.15) is 31.4 Å². The van der Waals surface area contributed by atoms with Crippen molar-refractivity contribution in [2.45, 2.75) is 32.2 Å². The third-order valence-corrected chi connectivity index (χ3v) is 4.31. The van der Waals surface area contributed by atoms with Crippen LogP contribution in [0.4, 0.5) is 8.78 Å². The molecule has 2 unspecified atom stereocenters. The fraction of sp³-hybridized carbons (Fsp3) is 0.588. The predicted octanol–water partition coefficient (Wildman–Crippen LogP) is 2.85. The van der Waals surface area contributed by atoms with Crippen molar-refractivity contribution in [2.24, 2.45) is 5.92 Å². The number of ether oxygens (including phenoxy) is 1. The minimum Gasteiger partial charge on any atom is -0.496 e. The van der Waals surface area contributed by atoms with Crippen molar-refractivity contribution in [3.05, 3.63) is 29.8 Å². The monoisotopic (exact) mass is 326 g/mol. The van der Waals surface area contributed by atoms with E-state index >= 15 is 0 Å². The van der Waals surface area contributed by atoms with Gasteiger partial charge in [-0.1, -0.05) is 25.1 Å². The van der Waals surface area contributed by atoms with E-state index in [4.69, 9.17) is 4.74 Å². The molecule has 0 aromatic heterocycles. The lowest BCUT2D eigenvalue weighted by atomic mass is 10.0. The number of alkyl halides is 2. The molecule has 4 nitrogen and oxygen atoms in total. The van der Waals surface area contributed by atoms with Crippen molar-refractivity contribution in [1.29, 1.82) is 0 Å². The van der Waals surface area contributed by atoms with E-state index in [-0.39, 0.29) is 11.8 Å². The lowest BCUT2D eigenvalue weighted by molar-refractivity contribution is -0.128. The maximum Gasteiger partial charge on any atom is 0.262 e. The maximum absolute atomic E-state index is 13.5. The molecular formula is C17H24F2N2O2. The molecule has 1 aliphatic rings. The van der Waals surface area contributed by atoms with E-state index in [1.807, 2.05) is 6.92 Å². The smallest absolute Gasteiger partial charge is 0.262 e. The number of halogens is 2. The molecule has 2 rings (SSSR count). The Bertz CT molecular complexity index is 521. The summed E-state index contributed by atoms with van der Waals surface area (Å²) in [7, 11) is 1.43. The number of carbonyl (C=O) groups excluding carboxylic acids is 1. The summed E-state index contributed by atoms with van der Waals surface area (Å²) >= 11 is 0. The second-order valence-electron chi connectivity index (χ2n) is 5.82. The Morgan fingerprint density at radius 1 is 1.35 bits per heavy atom. The van der Waals surface area contributed by atoms with Crippen molar-refractivity contribution in [3.63, 3.8) is 0 Å². The third-order valence-electron chi connectivity index (χ3n) is 4.31. The van der Waals surface area contributed by atoms with Crippen molar-refractivity contribution in [2.75, 3.05) is 26.7 Å². The van der Waals surface area contributed by atoms with Gasteiger partial charge in [0.15, 0.2) is 0 Å². The van der Waals surface area contributed by atoms with Gasteiger partial charge in [-0.3, -0.25) is 4.79 Å². The molecule has 2 atom stereocenters. The Hall–Kier alpha value is -1.69. The average Bonchev–Trinajstić information content (AvgIpc) is 2.51. The van der Waals surface area contributed by atoms with Crippen LogP contribution in [0.15, 0.2) is 24.3 Å². The van der Waals surface area contributed by atoms with Crippen molar-refractivity contribution in [3.8, 4) is 5.75 Å². The van der Waals surface area contributed by atoms with E-state index in [1.165, 1.54) is 7.11 Å². The van der Waals surface area contributed by atoms with Crippen LogP contribution in [0.2, 0.25) is 0 Å². The number of nitrogens with zero attached hydrogens (tertiary/aromatic N) is 1. The van der Waals surface area contributed by atoms with E-state index in [2.05, 4.69) is 10.2 Å². The number of hydrogen-bond acceptors (Lipinski definition) is 3. The van der Waals surface area contributed by atoms with Gasteiger partial charge in [-0.2, -0.15) is 0 Å². The van der Waals surface area contributed by atoms with Gasteiger partial charge in [-0.25, -0.2) is 8.78 Å². The van der Waals surface area contributed by atoms with Crippen molar-refractivity contribution in [1.82, 2.24) is 10.2 Å². The summed E-state index contributed by atoms with van der Waals surface area (Å²) in [6.45, 7) is 4.50. The summed E-state index contributed by atoms with van der Waals surface area (Å²) < 4.78 is 32.1. The van der Waals surface area contributed by atoms with E-state index in [9.17, 15) is 13.6 Å². The van der Waals surface area contributed by atoms with Gasteiger partial charge < -0.3 is 15.0 Å². The summed E-state index contributed by atoms with van der Waals surface area (Å²) in [5, 5.41) is 2.52. The van der Waals surface area contributed by atoms with Gasteiger partial charge in [0.2, 0.25) is 5.91 Å². The number of nitrogens with one attached hydrogen (secondary N) is 1. The number of amides is 1. The van der Waals surface area contributed by atoms with E-state index in [1.54, 1.807) is 24.3 Å². The highest BCUT2D eigenvalue weighted by atomic mass is 19.3. The molecule has 1 amide bonds. The molecular weight excluding hydrogens is 302 g/mol. The number of para-hydroxylation sites is 1. The molecule has 1 saturated heterocycles. The second-order valence-corrected chi connectivity index (χ2v) is 5.82. The first-order valence-corrected chi connectivity index (χ1v) is 8.00. The van der Waals surface area contributed by atoms with Crippen LogP contribution in [0, 0.1) is 5.92 Å². The van der Waals surface area contributed by atoms with E-state index in [0.717, 1.165) is 19.5 Å². The highest BCUT2D eigenvalue weighted by Crippen LogP contribution is 2.29. The minimum absolute atomic E-state index is 0.272. The number of methoxy groups -OCH3 is 1. The number of rotatable bonds is 8. The maximum atomic E-state index is 13.5. The third kappa shape index (κ3) is 4.41. The quantitative estimate of drug-likeness (QED) is 0.799. The van der Waals surface area contributed by atoms with Gasteiger partial charge in [-0.15, -0.1) is 0 Å². The van der Waals surface area contributed by atoms with Gasteiger partial charge in [-0.05, 0) is 32.0 Å². The van der Waals surface area contributed by atoms with Crippen LogP contribution in [0.5, 0.6) is 5.75 Å². The Labute approximate surface area is 135 Å². The Morgan fingerprint density at radius 2 is 2.04 bits per heavy atom. The first-order valence-electron chi connectivity index (χ1n) is 8.00. The van der Waals surface area contributed by atoms with Crippen LogP contribution in [0.25, 0.3) is 0 Å². The zero-order valence-corrected chi connectivity index (χ0v) is 13.6. The molecule has 0 radical (unpaired) electrons. The van der Waals surface area contributed by atoms with E-state index in [0.29, 0.717) is 24.3 Å². The standard InChI is InChI=1S/C17H24F2N2O2/c1-3-12(11-21-9-6-10-21)17(22)20-15(16(18)19)13-7-4-5-8-14(13)23-2/h4-5,7-8,12,15-16H,3,6,9-11H2,1-2H3,(H,20,22). The Kier molecular flexibility index (Phi) is 6.33. The summed E-state index contributed by atoms with van der Waals surface area (Å²) in [5.74, 6) is -0.240. The lowest BCUT2D eigenvalue weighted by Gasteiger charge is -2.34. The first kappa shape index (κ1) is 17.7. The fourth-order valence-corrected chi connectivity index (χ4v) is 2.74. The molecule has 128 valence electrons. The second kappa shape index (κ2) is 8.24. The normalized spacial score (nSPS) is 17.4. The van der Waals surface area contributed by atoms with Crippen LogP contribution in [-0.4, -0.2) is 44.0 Å². The molecule has 0 saturated carbocycles. The average molecular weight is 326 g/mol. The zero-order valence-electron chi connectivity index (χ0n) is 13.6. The summed E-state index contributed by atoms with van der Waals surface area (Å²) in [6.07, 6.45) is -0.930. The van der Waals surface area contributed by atoms with Crippen LogP contribution >= 0.6 is 0 Å². The molecule has 0 aliphatic carbocycles. The number of benzene rings is 1. The number of hydrogen-bond donors (Lipinski definition) is 1. The molecule has 1 aromatic rings. The molecule has 1 heterocycles. The van der Waals surface area contributed by atoms with Crippen LogP contribution in [0.3, 0.4) is 0 Å². The summed E-state index contributed by atoms with van der Waals surface area (Å²) in [5.41, 5.74) is 0.303. The number of likely N-dealkylation sites (tertiary alicyclic amines) is 1. The summed E-state index contributed by atoms with van der Waals surface area (Å²) in [4.78, 5) is 14.6. The highest BCUT2D eigenvalue weighted by Gasteiger charge is 2.30. The molecule has 1 aliphatic heterocycles. The summed E-state index contributed by atoms with van der Waals surface area (Å²) in [6, 6.07) is 5.20. The van der Waals surface area contributed by atoms with Gasteiger partial charge >= 0.3 is 0 Å². The van der Waals surface area contributed by atoms with Crippen molar-refractivity contribution >= 4 is 5.91 Å². The molecule has 0 spiro atoms. The SMILES string of the molecule is CCC(CN1CCC1)C(=O)NC(c1ccccc1OC)C(F)F. The molecule has 1 fully saturated rings. The highest BCUT2D eigenvalue weighted by molar-refractivity contribution is 5.79. The van der Waals surface area contributed by atoms with Gasteiger partial charge in [0.1, 0.15) is 11.8 Å². The van der Waals surface area contributed by atoms with Gasteiger partial charge in [0, 0.05) is 12.1 Å². The largest absolute Gasteiger partial charge is 0.496 e. The molecule has 0 bridgehead atoms. The molecule has 6 heteroatoms. The zero-order chi connectivity index (χ0) is 16.8. The lowest BCUT2D eigenvalue weighted by Crippen LogP contribution is -2.46. The Balaban J connectivity index is 2.09. The number of carbonyl (C=O) groups is 1. The first-order chi connectivity index (χ1) is 11.1. The van der Waals surface area contributed by atoms with Gasteiger partial charge in [0.05, 0.1) is 13.0 Å². The van der Waals surface area contributed by atoms with Crippen molar-refractivity contribution < 1.29 is 18.3 Å². The predicted molar refractivity (Wildman–Crippen MR) is 84.7 cm³/mol. The molecule has 23 heavy (non-hydrogen) atoms. The molecule has 1 aromatic carbocycles. The topological polar surface area (TPSA) is 41.6 Å². The Morgan fingerprint density at radius 3 is 2.57 bits per heavy atom. The van der Waals surface area contributed by atoms with Crippen LogP contribution < -0.4 is 10.1 Å². The molecule has 1 N–H and O–H groups in total. The van der Waals surface area contributed by atoms with Crippen LogP contribution in [-0.2, 0) is 4.79 Å².